The summed E-state index contributed by atoms with van der Waals surface area (Å²) >= 11 is 15.5. The van der Waals surface area contributed by atoms with E-state index in [1.165, 1.54) is 12.7 Å². The van der Waals surface area contributed by atoms with Crippen LogP contribution in [0, 0.1) is 6.92 Å². The van der Waals surface area contributed by atoms with Crippen LogP contribution >= 0.6 is 39.1 Å². The van der Waals surface area contributed by atoms with Gasteiger partial charge in [0.15, 0.2) is 11.5 Å². The molecule has 7 heteroatoms. The summed E-state index contributed by atoms with van der Waals surface area (Å²) in [6.45, 7) is 2.41. The van der Waals surface area contributed by atoms with Crippen molar-refractivity contribution in [3.8, 4) is 11.5 Å². The molecule has 150 valence electrons. The molecule has 0 saturated heterocycles. The van der Waals surface area contributed by atoms with Gasteiger partial charge in [-0.15, -0.1) is 0 Å². The van der Waals surface area contributed by atoms with Crippen LogP contribution in [-0.4, -0.2) is 13.0 Å². The number of nitrogens with one attached hydrogen (secondary N) is 1. The zero-order valence-corrected chi connectivity index (χ0v) is 18.9. The number of halogens is 3. The number of methoxy groups -OCH3 is 1. The third-order valence-corrected chi connectivity index (χ3v) is 5.31. The third-order valence-electron chi connectivity index (χ3n) is 4.17. The monoisotopic (exact) mass is 493 g/mol. The van der Waals surface area contributed by atoms with Crippen LogP contribution in [0.25, 0.3) is 0 Å². The minimum Gasteiger partial charge on any atom is -0.493 e. The molecular formula is C22H18BrCl2NO3. The first-order valence-electron chi connectivity index (χ1n) is 8.69. The summed E-state index contributed by atoms with van der Waals surface area (Å²) < 4.78 is 12.0. The minimum absolute atomic E-state index is 0.335. The van der Waals surface area contributed by atoms with Gasteiger partial charge in [0.05, 0.1) is 22.3 Å². The molecule has 1 N–H and O–H groups in total. The third kappa shape index (κ3) is 5.44. The van der Waals surface area contributed by atoms with E-state index in [1.807, 2.05) is 31.2 Å². The van der Waals surface area contributed by atoms with Gasteiger partial charge in [0.1, 0.15) is 6.61 Å². The molecule has 0 saturated carbocycles. The highest BCUT2D eigenvalue weighted by atomic mass is 79.9. The molecule has 0 heterocycles. The molecule has 0 radical (unpaired) electrons. The van der Waals surface area contributed by atoms with E-state index in [0.717, 1.165) is 5.56 Å². The summed E-state index contributed by atoms with van der Waals surface area (Å²) in [6, 6.07) is 16.2. The van der Waals surface area contributed by atoms with E-state index in [2.05, 4.69) is 21.2 Å². The molecule has 0 aromatic heterocycles. The van der Waals surface area contributed by atoms with Crippen molar-refractivity contribution in [1.82, 2.24) is 0 Å². The second-order valence-corrected chi connectivity index (χ2v) is 8.04. The first kappa shape index (κ1) is 21.5. The predicted octanol–water partition coefficient (Wildman–Crippen LogP) is 6.90. The summed E-state index contributed by atoms with van der Waals surface area (Å²) in [5.41, 5.74) is 3.07. The number of aryl methyl sites for hydroxylation is 1. The van der Waals surface area contributed by atoms with E-state index < -0.39 is 0 Å². The Morgan fingerprint density at radius 3 is 2.45 bits per heavy atom. The van der Waals surface area contributed by atoms with Crippen LogP contribution < -0.4 is 14.8 Å². The van der Waals surface area contributed by atoms with E-state index in [-0.39, 0.29) is 5.91 Å². The summed E-state index contributed by atoms with van der Waals surface area (Å²) in [4.78, 5) is 12.7. The first-order valence-corrected chi connectivity index (χ1v) is 10.2. The Morgan fingerprint density at radius 1 is 1.07 bits per heavy atom. The quantitative estimate of drug-likeness (QED) is 0.405. The molecule has 3 aromatic rings. The molecular weight excluding hydrogens is 477 g/mol. The van der Waals surface area contributed by atoms with E-state index in [0.29, 0.717) is 43.9 Å². The number of rotatable bonds is 6. The lowest BCUT2D eigenvalue weighted by Crippen LogP contribution is -2.13. The number of hydrogen-bond donors (Lipinski definition) is 1. The molecule has 0 atom stereocenters. The van der Waals surface area contributed by atoms with Gasteiger partial charge in [-0.25, -0.2) is 0 Å². The average Bonchev–Trinajstić information content (AvgIpc) is 2.69. The van der Waals surface area contributed by atoms with Crippen molar-refractivity contribution in [1.29, 1.82) is 0 Å². The number of carbonyl (C=O) groups excluding carboxylic acids is 1. The molecule has 0 aliphatic heterocycles. The Labute approximate surface area is 187 Å². The van der Waals surface area contributed by atoms with Crippen LogP contribution in [0.5, 0.6) is 11.5 Å². The van der Waals surface area contributed by atoms with Crippen LogP contribution in [0.15, 0.2) is 59.1 Å². The lowest BCUT2D eigenvalue weighted by molar-refractivity contribution is 0.102. The summed E-state index contributed by atoms with van der Waals surface area (Å²) in [7, 11) is 1.53. The average molecular weight is 495 g/mol. The van der Waals surface area contributed by atoms with Gasteiger partial charge in [-0.3, -0.25) is 4.79 Å². The number of carbonyl (C=O) groups is 1. The summed E-state index contributed by atoms with van der Waals surface area (Å²) in [5, 5.41) is 3.62. The maximum Gasteiger partial charge on any atom is 0.255 e. The Morgan fingerprint density at radius 2 is 1.79 bits per heavy atom. The van der Waals surface area contributed by atoms with Gasteiger partial charge >= 0.3 is 0 Å². The van der Waals surface area contributed by atoms with E-state index >= 15 is 0 Å². The van der Waals surface area contributed by atoms with Gasteiger partial charge in [0.25, 0.3) is 5.91 Å². The SMILES string of the molecule is COc1cc(C(=O)Nc2ccc(Cl)cc2Cl)cc(Br)c1OCc1ccc(C)cc1. The molecule has 0 unspecified atom stereocenters. The summed E-state index contributed by atoms with van der Waals surface area (Å²) in [6.07, 6.45) is 0. The minimum atomic E-state index is -0.335. The van der Waals surface area contributed by atoms with Crippen LogP contribution in [-0.2, 0) is 6.61 Å². The Hall–Kier alpha value is -2.21. The number of hydrogen-bond acceptors (Lipinski definition) is 3. The smallest absolute Gasteiger partial charge is 0.255 e. The molecule has 3 rings (SSSR count). The second kappa shape index (κ2) is 9.53. The topological polar surface area (TPSA) is 47.6 Å². The van der Waals surface area contributed by atoms with Crippen molar-refractivity contribution in [2.24, 2.45) is 0 Å². The lowest BCUT2D eigenvalue weighted by atomic mass is 10.1. The molecule has 0 aliphatic carbocycles. The van der Waals surface area contributed by atoms with Gasteiger partial charge in [-0.2, -0.15) is 0 Å². The molecule has 1 amide bonds. The maximum absolute atomic E-state index is 12.7. The van der Waals surface area contributed by atoms with Crippen LogP contribution in [0.3, 0.4) is 0 Å². The zero-order chi connectivity index (χ0) is 21.0. The van der Waals surface area contributed by atoms with Crippen LogP contribution in [0.1, 0.15) is 21.5 Å². The maximum atomic E-state index is 12.7. The summed E-state index contributed by atoms with van der Waals surface area (Å²) in [5.74, 6) is 0.631. The van der Waals surface area contributed by atoms with Gasteiger partial charge in [-0.1, -0.05) is 53.0 Å². The van der Waals surface area contributed by atoms with Crippen LogP contribution in [0.2, 0.25) is 10.0 Å². The van der Waals surface area contributed by atoms with Crippen molar-refractivity contribution in [3.63, 3.8) is 0 Å². The number of anilines is 1. The molecule has 0 spiro atoms. The van der Waals surface area contributed by atoms with Gasteiger partial charge in [0.2, 0.25) is 0 Å². The van der Waals surface area contributed by atoms with Gasteiger partial charge < -0.3 is 14.8 Å². The molecule has 0 fully saturated rings. The predicted molar refractivity (Wildman–Crippen MR) is 121 cm³/mol. The number of benzene rings is 3. The highest BCUT2D eigenvalue weighted by molar-refractivity contribution is 9.10. The molecule has 29 heavy (non-hydrogen) atoms. The van der Waals surface area contributed by atoms with Crippen molar-refractivity contribution in [2.75, 3.05) is 12.4 Å². The van der Waals surface area contributed by atoms with E-state index in [9.17, 15) is 4.79 Å². The van der Waals surface area contributed by atoms with Gasteiger partial charge in [0, 0.05) is 10.6 Å². The number of ether oxygens (including phenoxy) is 2. The zero-order valence-electron chi connectivity index (χ0n) is 15.8. The van der Waals surface area contributed by atoms with Crippen molar-refractivity contribution < 1.29 is 14.3 Å². The Bertz CT molecular complexity index is 1040. The highest BCUT2D eigenvalue weighted by Gasteiger charge is 2.17. The largest absolute Gasteiger partial charge is 0.493 e. The number of amides is 1. The van der Waals surface area contributed by atoms with Crippen molar-refractivity contribution in [2.45, 2.75) is 13.5 Å². The molecule has 4 nitrogen and oxygen atoms in total. The molecule has 0 aliphatic rings. The molecule has 0 bridgehead atoms. The van der Waals surface area contributed by atoms with Crippen molar-refractivity contribution >= 4 is 50.7 Å². The Balaban J connectivity index is 1.79. The van der Waals surface area contributed by atoms with Crippen LogP contribution in [0.4, 0.5) is 5.69 Å². The highest BCUT2D eigenvalue weighted by Crippen LogP contribution is 2.37. The second-order valence-electron chi connectivity index (χ2n) is 6.34. The molecule has 3 aromatic carbocycles. The van der Waals surface area contributed by atoms with Crippen molar-refractivity contribution in [3.05, 3.63) is 85.8 Å². The van der Waals surface area contributed by atoms with Gasteiger partial charge in [-0.05, 0) is 58.7 Å². The lowest BCUT2D eigenvalue weighted by Gasteiger charge is -2.15. The van der Waals surface area contributed by atoms with E-state index in [1.54, 1.807) is 30.3 Å². The fourth-order valence-electron chi connectivity index (χ4n) is 2.62. The Kier molecular flexibility index (Phi) is 7.06. The standard InChI is InChI=1S/C22H18BrCl2NO3/c1-13-3-5-14(6-4-13)12-29-21-17(23)9-15(10-20(21)28-2)22(27)26-19-8-7-16(24)11-18(19)25/h3-11H,12H2,1-2H3,(H,26,27). The fourth-order valence-corrected chi connectivity index (χ4v) is 3.63. The normalized spacial score (nSPS) is 10.5. The first-order chi connectivity index (χ1) is 13.9. The van der Waals surface area contributed by atoms with E-state index in [4.69, 9.17) is 32.7 Å². The fraction of sp³-hybridized carbons (Fsp3) is 0.136.